The number of anilines is 1. The predicted molar refractivity (Wildman–Crippen MR) is 91.4 cm³/mol. The van der Waals surface area contributed by atoms with Crippen molar-refractivity contribution in [2.24, 2.45) is 13.0 Å². The maximum Gasteiger partial charge on any atom is 0.241 e. The number of hydrogen-bond donors (Lipinski definition) is 2. The van der Waals surface area contributed by atoms with Gasteiger partial charge in [0, 0.05) is 13.6 Å². The maximum absolute atomic E-state index is 12.5. The Morgan fingerprint density at radius 2 is 2.09 bits per heavy atom. The molecule has 0 aliphatic heterocycles. The first-order valence-corrected chi connectivity index (χ1v) is 8.50. The number of carbonyl (C=O) groups is 1. The van der Waals surface area contributed by atoms with Crippen LogP contribution in [0.1, 0.15) is 44.0 Å². The molecule has 2 N–H and O–H groups in total. The van der Waals surface area contributed by atoms with Crippen molar-refractivity contribution >= 4 is 11.6 Å². The molecule has 0 saturated heterocycles. The molecule has 0 bridgehead atoms. The minimum absolute atomic E-state index is 0.0306. The summed E-state index contributed by atoms with van der Waals surface area (Å²) in [6, 6.07) is -0.247. The van der Waals surface area contributed by atoms with E-state index in [1.54, 1.807) is 4.68 Å². The molecule has 0 aromatic carbocycles. The Balaban J connectivity index is 1.95. The first kappa shape index (κ1) is 17.9. The van der Waals surface area contributed by atoms with Crippen molar-refractivity contribution in [1.29, 1.82) is 0 Å². The van der Waals surface area contributed by atoms with Crippen LogP contribution in [-0.4, -0.2) is 51.4 Å². The molecule has 1 aliphatic rings. The Hall–Kier alpha value is -1.40. The first-order valence-electron chi connectivity index (χ1n) is 8.50. The standard InChI is InChI=1S/C17H30N4O2/c1-11-16(12(2)21(5)19-11)18-17(23)13(3)20(4)10-14-8-6-7-9-15(14)22/h13-15,22H,6-10H2,1-5H3,(H,18,23). The molecule has 3 unspecified atom stereocenters. The highest BCUT2D eigenvalue weighted by molar-refractivity contribution is 5.95. The number of aliphatic hydroxyl groups excluding tert-OH is 1. The summed E-state index contributed by atoms with van der Waals surface area (Å²) >= 11 is 0. The van der Waals surface area contributed by atoms with Crippen molar-refractivity contribution in [2.75, 3.05) is 18.9 Å². The van der Waals surface area contributed by atoms with E-state index in [4.69, 9.17) is 0 Å². The van der Waals surface area contributed by atoms with Crippen LogP contribution in [0.4, 0.5) is 5.69 Å². The SMILES string of the molecule is Cc1nn(C)c(C)c1NC(=O)C(C)N(C)CC1CCCCC1O. The van der Waals surface area contributed by atoms with Crippen LogP contribution in [0.2, 0.25) is 0 Å². The van der Waals surface area contributed by atoms with E-state index in [0.29, 0.717) is 0 Å². The number of likely N-dealkylation sites (N-methyl/N-ethyl adjacent to an activating group) is 1. The monoisotopic (exact) mass is 322 g/mol. The highest BCUT2D eigenvalue weighted by Crippen LogP contribution is 2.25. The lowest BCUT2D eigenvalue weighted by molar-refractivity contribution is -0.120. The molecule has 1 saturated carbocycles. The van der Waals surface area contributed by atoms with Gasteiger partial charge in [0.15, 0.2) is 0 Å². The van der Waals surface area contributed by atoms with Gasteiger partial charge in [0.1, 0.15) is 0 Å². The second kappa shape index (κ2) is 7.45. The largest absolute Gasteiger partial charge is 0.393 e. The Labute approximate surface area is 138 Å². The Kier molecular flexibility index (Phi) is 5.81. The lowest BCUT2D eigenvalue weighted by atomic mass is 9.86. The van der Waals surface area contributed by atoms with Crippen LogP contribution in [0, 0.1) is 19.8 Å². The van der Waals surface area contributed by atoms with E-state index in [2.05, 4.69) is 10.4 Å². The first-order chi connectivity index (χ1) is 10.8. The molecule has 3 atom stereocenters. The number of aliphatic hydroxyl groups is 1. The fourth-order valence-electron chi connectivity index (χ4n) is 3.31. The zero-order valence-electron chi connectivity index (χ0n) is 15.0. The highest BCUT2D eigenvalue weighted by atomic mass is 16.3. The minimum Gasteiger partial charge on any atom is -0.393 e. The zero-order valence-corrected chi connectivity index (χ0v) is 15.0. The molecule has 1 amide bonds. The average Bonchev–Trinajstić information content (AvgIpc) is 2.75. The van der Waals surface area contributed by atoms with Crippen LogP contribution >= 0.6 is 0 Å². The summed E-state index contributed by atoms with van der Waals surface area (Å²) < 4.78 is 1.78. The van der Waals surface area contributed by atoms with Gasteiger partial charge in [-0.15, -0.1) is 0 Å². The van der Waals surface area contributed by atoms with Gasteiger partial charge in [-0.25, -0.2) is 0 Å². The number of nitrogens with zero attached hydrogens (tertiary/aromatic N) is 3. The van der Waals surface area contributed by atoms with Gasteiger partial charge in [-0.2, -0.15) is 5.10 Å². The molecule has 1 aromatic rings. The van der Waals surface area contributed by atoms with Crippen LogP contribution in [0.15, 0.2) is 0 Å². The van der Waals surface area contributed by atoms with Gasteiger partial charge in [-0.3, -0.25) is 14.4 Å². The summed E-state index contributed by atoms with van der Waals surface area (Å²) in [4.78, 5) is 14.6. The molecular weight excluding hydrogens is 292 g/mol. The highest BCUT2D eigenvalue weighted by Gasteiger charge is 2.28. The van der Waals surface area contributed by atoms with E-state index >= 15 is 0 Å². The van der Waals surface area contributed by atoms with Crippen LogP contribution < -0.4 is 5.32 Å². The van der Waals surface area contributed by atoms with Gasteiger partial charge in [-0.1, -0.05) is 12.8 Å². The molecule has 6 nitrogen and oxygen atoms in total. The van der Waals surface area contributed by atoms with Crippen LogP contribution in [0.3, 0.4) is 0 Å². The molecule has 6 heteroatoms. The second-order valence-electron chi connectivity index (χ2n) is 6.89. The number of hydrogen-bond acceptors (Lipinski definition) is 4. The fourth-order valence-corrected chi connectivity index (χ4v) is 3.31. The number of aromatic nitrogens is 2. The summed E-state index contributed by atoms with van der Waals surface area (Å²) in [6.07, 6.45) is 3.97. The lowest BCUT2D eigenvalue weighted by Crippen LogP contribution is -2.44. The Morgan fingerprint density at radius 3 is 2.65 bits per heavy atom. The average molecular weight is 322 g/mol. The third-order valence-electron chi connectivity index (χ3n) is 5.19. The van der Waals surface area contributed by atoms with E-state index in [-0.39, 0.29) is 24.0 Å². The van der Waals surface area contributed by atoms with Crippen molar-refractivity contribution in [3.63, 3.8) is 0 Å². The fraction of sp³-hybridized carbons (Fsp3) is 0.765. The molecule has 1 fully saturated rings. The van der Waals surface area contributed by atoms with Crippen LogP contribution in [0.5, 0.6) is 0 Å². The molecule has 2 rings (SSSR count). The van der Waals surface area contributed by atoms with E-state index < -0.39 is 0 Å². The summed E-state index contributed by atoms with van der Waals surface area (Å²) in [5.41, 5.74) is 2.58. The second-order valence-corrected chi connectivity index (χ2v) is 6.89. The molecule has 1 aliphatic carbocycles. The van der Waals surface area contributed by atoms with Gasteiger partial charge in [0.05, 0.1) is 29.2 Å². The molecule has 23 heavy (non-hydrogen) atoms. The minimum atomic E-state index is -0.247. The third-order valence-corrected chi connectivity index (χ3v) is 5.19. The van der Waals surface area contributed by atoms with Crippen molar-refractivity contribution in [1.82, 2.24) is 14.7 Å². The molecule has 0 spiro atoms. The molecule has 0 radical (unpaired) electrons. The van der Waals surface area contributed by atoms with Crippen molar-refractivity contribution in [3.05, 3.63) is 11.4 Å². The number of aryl methyl sites for hydroxylation is 2. The van der Waals surface area contributed by atoms with Gasteiger partial charge < -0.3 is 10.4 Å². The van der Waals surface area contributed by atoms with E-state index in [0.717, 1.165) is 42.9 Å². The summed E-state index contributed by atoms with van der Waals surface area (Å²) in [7, 11) is 3.83. The Morgan fingerprint density at radius 1 is 1.43 bits per heavy atom. The van der Waals surface area contributed by atoms with Gasteiger partial charge >= 0.3 is 0 Å². The number of rotatable bonds is 5. The zero-order chi connectivity index (χ0) is 17.1. The van der Waals surface area contributed by atoms with Crippen molar-refractivity contribution < 1.29 is 9.90 Å². The normalized spacial score (nSPS) is 23.1. The number of amides is 1. The number of nitrogens with one attached hydrogen (secondary N) is 1. The molecular formula is C17H30N4O2. The van der Waals surface area contributed by atoms with Gasteiger partial charge in [0.2, 0.25) is 5.91 Å². The van der Waals surface area contributed by atoms with E-state index in [1.165, 1.54) is 6.42 Å². The third kappa shape index (κ3) is 4.12. The summed E-state index contributed by atoms with van der Waals surface area (Å²) in [5.74, 6) is 0.239. The summed E-state index contributed by atoms with van der Waals surface area (Å²) in [5, 5.41) is 17.4. The van der Waals surface area contributed by atoms with E-state index in [1.807, 2.05) is 39.8 Å². The van der Waals surface area contributed by atoms with Gasteiger partial charge in [-0.05, 0) is 46.6 Å². The molecule has 1 heterocycles. The quantitative estimate of drug-likeness (QED) is 0.868. The van der Waals surface area contributed by atoms with Gasteiger partial charge in [0.25, 0.3) is 0 Å². The van der Waals surface area contributed by atoms with Crippen LogP contribution in [0.25, 0.3) is 0 Å². The Bertz CT molecular complexity index is 555. The smallest absolute Gasteiger partial charge is 0.241 e. The maximum atomic E-state index is 12.5. The predicted octanol–water partition coefficient (Wildman–Crippen LogP) is 1.85. The molecule has 130 valence electrons. The summed E-state index contributed by atoms with van der Waals surface area (Å²) in [6.45, 7) is 6.50. The van der Waals surface area contributed by atoms with Crippen molar-refractivity contribution in [3.8, 4) is 0 Å². The van der Waals surface area contributed by atoms with Crippen molar-refractivity contribution in [2.45, 2.75) is 58.6 Å². The lowest BCUT2D eigenvalue weighted by Gasteiger charge is -2.33. The number of carbonyl (C=O) groups excluding carboxylic acids is 1. The topological polar surface area (TPSA) is 70.4 Å². The van der Waals surface area contributed by atoms with E-state index in [9.17, 15) is 9.90 Å². The van der Waals surface area contributed by atoms with Crippen LogP contribution in [-0.2, 0) is 11.8 Å². The molecule has 1 aromatic heterocycles.